The quantitative estimate of drug-likeness (QED) is 0.697. The van der Waals surface area contributed by atoms with E-state index in [1.54, 1.807) is 6.07 Å². The molecule has 3 rings (SSSR count). The van der Waals surface area contributed by atoms with Gasteiger partial charge < -0.3 is 5.32 Å². The summed E-state index contributed by atoms with van der Waals surface area (Å²) in [5.41, 5.74) is 2.09. The molecule has 1 amide bonds. The fourth-order valence-electron chi connectivity index (χ4n) is 1.84. The molecule has 0 aliphatic rings. The number of halogens is 1. The van der Waals surface area contributed by atoms with Crippen LogP contribution in [0.4, 0.5) is 5.69 Å². The lowest BCUT2D eigenvalue weighted by atomic mass is 10.2. The fraction of sp³-hybridized carbons (Fsp3) is 0. The maximum absolute atomic E-state index is 12.2. The van der Waals surface area contributed by atoms with Gasteiger partial charge in [0, 0.05) is 14.8 Å². The van der Waals surface area contributed by atoms with Crippen LogP contribution in [0.2, 0.25) is 0 Å². The average molecular weight is 391 g/mol. The molecule has 0 saturated heterocycles. The Morgan fingerprint density at radius 1 is 1.14 bits per heavy atom. The first kappa shape index (κ1) is 13.7. The van der Waals surface area contributed by atoms with Crippen LogP contribution in [0.1, 0.15) is 10.4 Å². The predicted octanol–water partition coefficient (Wildman–Crippen LogP) is 2.52. The maximum Gasteiger partial charge on any atom is 0.255 e. The highest BCUT2D eigenvalue weighted by atomic mass is 127. The van der Waals surface area contributed by atoms with Gasteiger partial charge in [0.25, 0.3) is 5.91 Å². The number of aromatic nitrogens is 4. The second kappa shape index (κ2) is 6.00. The summed E-state index contributed by atoms with van der Waals surface area (Å²) >= 11 is 2.18. The molecule has 0 saturated carbocycles. The van der Waals surface area contributed by atoms with Crippen molar-refractivity contribution in [1.29, 1.82) is 0 Å². The van der Waals surface area contributed by atoms with Crippen molar-refractivity contribution in [3.63, 3.8) is 0 Å². The molecule has 2 aromatic carbocycles. The molecule has 0 aliphatic heterocycles. The zero-order valence-electron chi connectivity index (χ0n) is 10.8. The first-order valence-electron chi connectivity index (χ1n) is 6.13. The standard InChI is InChI=1S/C14H10IN5O/c15-11-4-1-3-10(7-11)14(21)17-12-5-2-6-13(8-12)20-9-16-18-19-20/h1-9H,(H,17,21). The number of carbonyl (C=O) groups excluding carboxylic acids is 1. The van der Waals surface area contributed by atoms with E-state index in [9.17, 15) is 4.79 Å². The number of rotatable bonds is 3. The number of carbonyl (C=O) groups is 1. The van der Waals surface area contributed by atoms with Crippen LogP contribution in [0.15, 0.2) is 54.9 Å². The Morgan fingerprint density at radius 3 is 2.76 bits per heavy atom. The zero-order chi connectivity index (χ0) is 14.7. The third-order valence-corrected chi connectivity index (χ3v) is 3.48. The van der Waals surface area contributed by atoms with Crippen molar-refractivity contribution >= 4 is 34.2 Å². The summed E-state index contributed by atoms with van der Waals surface area (Å²) < 4.78 is 2.55. The van der Waals surface area contributed by atoms with E-state index in [1.165, 1.54) is 11.0 Å². The van der Waals surface area contributed by atoms with E-state index in [0.29, 0.717) is 11.3 Å². The largest absolute Gasteiger partial charge is 0.322 e. The van der Waals surface area contributed by atoms with Crippen LogP contribution in [0, 0.1) is 3.57 Å². The van der Waals surface area contributed by atoms with Crippen molar-refractivity contribution in [3.8, 4) is 5.69 Å². The van der Waals surface area contributed by atoms with E-state index in [1.807, 2.05) is 42.5 Å². The van der Waals surface area contributed by atoms with Crippen molar-refractivity contribution in [3.05, 3.63) is 64.0 Å². The smallest absolute Gasteiger partial charge is 0.255 e. The molecule has 0 radical (unpaired) electrons. The second-order valence-electron chi connectivity index (χ2n) is 4.27. The minimum atomic E-state index is -0.151. The van der Waals surface area contributed by atoms with Gasteiger partial charge in [-0.1, -0.05) is 12.1 Å². The van der Waals surface area contributed by atoms with E-state index < -0.39 is 0 Å². The van der Waals surface area contributed by atoms with Crippen molar-refractivity contribution in [2.75, 3.05) is 5.32 Å². The lowest BCUT2D eigenvalue weighted by Gasteiger charge is -2.07. The van der Waals surface area contributed by atoms with E-state index in [2.05, 4.69) is 43.4 Å². The Kier molecular flexibility index (Phi) is 3.91. The number of benzene rings is 2. The van der Waals surface area contributed by atoms with Gasteiger partial charge in [0.15, 0.2) is 0 Å². The van der Waals surface area contributed by atoms with Gasteiger partial charge in [-0.05, 0) is 69.4 Å². The van der Waals surface area contributed by atoms with Gasteiger partial charge in [0.1, 0.15) is 6.33 Å². The Labute approximate surface area is 134 Å². The van der Waals surface area contributed by atoms with Crippen molar-refractivity contribution in [1.82, 2.24) is 20.2 Å². The van der Waals surface area contributed by atoms with Crippen LogP contribution in [0.5, 0.6) is 0 Å². The maximum atomic E-state index is 12.2. The van der Waals surface area contributed by atoms with Gasteiger partial charge >= 0.3 is 0 Å². The molecule has 0 fully saturated rings. The normalized spacial score (nSPS) is 10.3. The molecule has 0 atom stereocenters. The van der Waals surface area contributed by atoms with Crippen molar-refractivity contribution in [2.24, 2.45) is 0 Å². The molecule has 0 aliphatic carbocycles. The molecular weight excluding hydrogens is 381 g/mol. The van der Waals surface area contributed by atoms with Gasteiger partial charge in [-0.3, -0.25) is 4.79 Å². The summed E-state index contributed by atoms with van der Waals surface area (Å²) in [6.07, 6.45) is 1.50. The van der Waals surface area contributed by atoms with E-state index in [0.717, 1.165) is 9.26 Å². The number of nitrogens with one attached hydrogen (secondary N) is 1. The van der Waals surface area contributed by atoms with Crippen LogP contribution < -0.4 is 5.32 Å². The predicted molar refractivity (Wildman–Crippen MR) is 86.3 cm³/mol. The van der Waals surface area contributed by atoms with Crippen LogP contribution in [0.3, 0.4) is 0 Å². The average Bonchev–Trinajstić information content (AvgIpc) is 3.02. The van der Waals surface area contributed by atoms with Crippen LogP contribution in [-0.2, 0) is 0 Å². The molecule has 3 aromatic rings. The number of tetrazole rings is 1. The molecule has 1 heterocycles. The van der Waals surface area contributed by atoms with Crippen LogP contribution in [-0.4, -0.2) is 26.1 Å². The summed E-state index contributed by atoms with van der Waals surface area (Å²) in [6.45, 7) is 0. The molecule has 1 N–H and O–H groups in total. The van der Waals surface area contributed by atoms with Gasteiger partial charge in [-0.2, -0.15) is 0 Å². The van der Waals surface area contributed by atoms with E-state index in [-0.39, 0.29) is 5.91 Å². The third-order valence-electron chi connectivity index (χ3n) is 2.80. The van der Waals surface area contributed by atoms with E-state index >= 15 is 0 Å². The summed E-state index contributed by atoms with van der Waals surface area (Å²) in [4.78, 5) is 12.2. The van der Waals surface area contributed by atoms with Crippen molar-refractivity contribution < 1.29 is 4.79 Å². The Bertz CT molecular complexity index is 773. The summed E-state index contributed by atoms with van der Waals surface area (Å²) in [6, 6.07) is 14.7. The third kappa shape index (κ3) is 3.24. The molecule has 0 bridgehead atoms. The van der Waals surface area contributed by atoms with Gasteiger partial charge in [0.2, 0.25) is 0 Å². The first-order chi connectivity index (χ1) is 10.2. The minimum Gasteiger partial charge on any atom is -0.322 e. The van der Waals surface area contributed by atoms with Gasteiger partial charge in [-0.25, -0.2) is 4.68 Å². The molecule has 6 nitrogen and oxygen atoms in total. The zero-order valence-corrected chi connectivity index (χ0v) is 12.9. The molecule has 21 heavy (non-hydrogen) atoms. The lowest BCUT2D eigenvalue weighted by Crippen LogP contribution is -2.12. The highest BCUT2D eigenvalue weighted by Crippen LogP contribution is 2.15. The second-order valence-corrected chi connectivity index (χ2v) is 5.51. The monoisotopic (exact) mass is 391 g/mol. The Hall–Kier alpha value is -2.29. The number of hydrogen-bond donors (Lipinski definition) is 1. The summed E-state index contributed by atoms with van der Waals surface area (Å²) in [5, 5.41) is 13.9. The van der Waals surface area contributed by atoms with Gasteiger partial charge in [-0.15, -0.1) is 5.10 Å². The Balaban J connectivity index is 1.82. The summed E-state index contributed by atoms with van der Waals surface area (Å²) in [7, 11) is 0. The molecule has 7 heteroatoms. The van der Waals surface area contributed by atoms with E-state index in [4.69, 9.17) is 0 Å². The van der Waals surface area contributed by atoms with Gasteiger partial charge in [0.05, 0.1) is 5.69 Å². The molecule has 0 unspecified atom stereocenters. The number of anilines is 1. The molecular formula is C14H10IN5O. The summed E-state index contributed by atoms with van der Waals surface area (Å²) in [5.74, 6) is -0.151. The topological polar surface area (TPSA) is 72.7 Å². The Morgan fingerprint density at radius 2 is 2.00 bits per heavy atom. The minimum absolute atomic E-state index is 0.151. The molecule has 104 valence electrons. The van der Waals surface area contributed by atoms with Crippen molar-refractivity contribution in [2.45, 2.75) is 0 Å². The molecule has 0 spiro atoms. The highest BCUT2D eigenvalue weighted by Gasteiger charge is 2.07. The lowest BCUT2D eigenvalue weighted by molar-refractivity contribution is 0.102. The SMILES string of the molecule is O=C(Nc1cccc(-n2cnnn2)c1)c1cccc(I)c1. The first-order valence-corrected chi connectivity index (χ1v) is 7.20. The highest BCUT2D eigenvalue weighted by molar-refractivity contribution is 14.1. The molecule has 1 aromatic heterocycles. The fourth-order valence-corrected chi connectivity index (χ4v) is 2.38. The van der Waals surface area contributed by atoms with Crippen LogP contribution >= 0.6 is 22.6 Å². The number of hydrogen-bond acceptors (Lipinski definition) is 4. The number of nitrogens with zero attached hydrogens (tertiary/aromatic N) is 4. The number of amides is 1. The van der Waals surface area contributed by atoms with Crippen LogP contribution in [0.25, 0.3) is 5.69 Å².